The van der Waals surface area contributed by atoms with E-state index in [4.69, 9.17) is 18.0 Å². The van der Waals surface area contributed by atoms with Gasteiger partial charge in [-0.1, -0.05) is 12.2 Å². The Bertz CT molecular complexity index is 196. The molecule has 0 aliphatic heterocycles. The van der Waals surface area contributed by atoms with Crippen molar-refractivity contribution in [1.29, 1.82) is 0 Å². The third kappa shape index (κ3) is 5.54. The Morgan fingerprint density at radius 1 is 1.69 bits per heavy atom. The molecule has 13 heavy (non-hydrogen) atoms. The molecule has 0 fully saturated rings. The zero-order chi connectivity index (χ0) is 10.4. The van der Waals surface area contributed by atoms with E-state index in [0.29, 0.717) is 18.0 Å². The molecule has 1 unspecified atom stereocenters. The predicted octanol–water partition coefficient (Wildman–Crippen LogP) is -0.271. The molecule has 0 rings (SSSR count). The molecule has 3 N–H and O–H groups in total. The number of nitrogens with two attached hydrogens (primary N) is 1. The molecule has 1 atom stereocenters. The third-order valence-electron chi connectivity index (χ3n) is 1.92. The average Bonchev–Trinajstić information content (AvgIpc) is 2.02. The number of thiocarbonyl (C=S) groups is 1. The lowest BCUT2D eigenvalue weighted by Crippen LogP contribution is -2.39. The number of hydrogen-bond acceptors (Lipinski definition) is 3. The van der Waals surface area contributed by atoms with E-state index < -0.39 is 0 Å². The Hall–Kier alpha value is -0.680. The van der Waals surface area contributed by atoms with Crippen LogP contribution in [0.25, 0.3) is 0 Å². The summed E-state index contributed by atoms with van der Waals surface area (Å²) in [7, 11) is 3.49. The molecule has 0 aromatic rings. The first-order chi connectivity index (χ1) is 5.97. The van der Waals surface area contributed by atoms with Crippen LogP contribution in [0.5, 0.6) is 0 Å². The molecule has 0 saturated carbocycles. The SMILES string of the molecule is CNC(=O)CN(C)C(C)CC(N)=S. The largest absolute Gasteiger partial charge is 0.393 e. The van der Waals surface area contributed by atoms with E-state index in [1.165, 1.54) is 0 Å². The summed E-state index contributed by atoms with van der Waals surface area (Å²) in [5.74, 6) is -0.00251. The van der Waals surface area contributed by atoms with E-state index in [1.54, 1.807) is 7.05 Å². The summed E-state index contributed by atoms with van der Waals surface area (Å²) in [6, 6.07) is 0.204. The quantitative estimate of drug-likeness (QED) is 0.604. The zero-order valence-corrected chi connectivity index (χ0v) is 9.15. The second-order valence-corrected chi connectivity index (χ2v) is 3.63. The Balaban J connectivity index is 3.88. The highest BCUT2D eigenvalue weighted by Crippen LogP contribution is 2.00. The highest BCUT2D eigenvalue weighted by molar-refractivity contribution is 7.80. The Kier molecular flexibility index (Phi) is 5.57. The Morgan fingerprint density at radius 3 is 2.62 bits per heavy atom. The van der Waals surface area contributed by atoms with Gasteiger partial charge in [0.2, 0.25) is 5.91 Å². The van der Waals surface area contributed by atoms with Crippen molar-refractivity contribution < 1.29 is 4.79 Å². The van der Waals surface area contributed by atoms with Crippen LogP contribution in [-0.4, -0.2) is 42.5 Å². The fraction of sp³-hybridized carbons (Fsp3) is 0.750. The van der Waals surface area contributed by atoms with Gasteiger partial charge < -0.3 is 11.1 Å². The maximum Gasteiger partial charge on any atom is 0.233 e. The first kappa shape index (κ1) is 12.3. The van der Waals surface area contributed by atoms with E-state index in [-0.39, 0.29) is 11.9 Å². The summed E-state index contributed by atoms with van der Waals surface area (Å²) in [5.41, 5.74) is 5.40. The lowest BCUT2D eigenvalue weighted by atomic mass is 10.2. The van der Waals surface area contributed by atoms with Crippen molar-refractivity contribution in [1.82, 2.24) is 10.2 Å². The average molecular weight is 203 g/mol. The first-order valence-corrected chi connectivity index (χ1v) is 4.57. The van der Waals surface area contributed by atoms with Gasteiger partial charge in [-0.15, -0.1) is 0 Å². The lowest BCUT2D eigenvalue weighted by Gasteiger charge is -2.23. The van der Waals surface area contributed by atoms with Crippen LogP contribution in [0.3, 0.4) is 0 Å². The van der Waals surface area contributed by atoms with Gasteiger partial charge >= 0.3 is 0 Å². The Labute approximate surface area is 84.5 Å². The van der Waals surface area contributed by atoms with Crippen LogP contribution >= 0.6 is 12.2 Å². The van der Waals surface area contributed by atoms with Gasteiger partial charge in [0.05, 0.1) is 11.5 Å². The molecule has 0 spiro atoms. The lowest BCUT2D eigenvalue weighted by molar-refractivity contribution is -0.121. The molecule has 1 amide bonds. The van der Waals surface area contributed by atoms with Crippen molar-refractivity contribution in [3.05, 3.63) is 0 Å². The van der Waals surface area contributed by atoms with E-state index in [0.717, 1.165) is 0 Å². The number of nitrogens with one attached hydrogen (secondary N) is 1. The van der Waals surface area contributed by atoms with Crippen molar-refractivity contribution in [3.63, 3.8) is 0 Å². The summed E-state index contributed by atoms with van der Waals surface area (Å²) in [6.07, 6.45) is 0.642. The highest BCUT2D eigenvalue weighted by Gasteiger charge is 2.12. The molecule has 0 aliphatic carbocycles. The van der Waals surface area contributed by atoms with Crippen molar-refractivity contribution in [2.75, 3.05) is 20.6 Å². The number of rotatable bonds is 5. The van der Waals surface area contributed by atoms with Crippen LogP contribution in [0.2, 0.25) is 0 Å². The van der Waals surface area contributed by atoms with Crippen LogP contribution in [0.4, 0.5) is 0 Å². The maximum atomic E-state index is 11.0. The van der Waals surface area contributed by atoms with Gasteiger partial charge in [-0.2, -0.15) is 0 Å². The summed E-state index contributed by atoms with van der Waals surface area (Å²) in [5, 5.41) is 2.56. The molecule has 0 radical (unpaired) electrons. The fourth-order valence-corrected chi connectivity index (χ4v) is 1.15. The van der Waals surface area contributed by atoms with Crippen LogP contribution in [0.1, 0.15) is 13.3 Å². The number of carbonyl (C=O) groups is 1. The molecule has 4 nitrogen and oxygen atoms in total. The van der Waals surface area contributed by atoms with Crippen LogP contribution < -0.4 is 11.1 Å². The van der Waals surface area contributed by atoms with Gasteiger partial charge in [0.25, 0.3) is 0 Å². The fourth-order valence-electron chi connectivity index (χ4n) is 0.908. The summed E-state index contributed by atoms with van der Waals surface area (Å²) >= 11 is 4.78. The highest BCUT2D eigenvalue weighted by atomic mass is 32.1. The van der Waals surface area contributed by atoms with Crippen LogP contribution in [-0.2, 0) is 4.79 Å². The number of amides is 1. The van der Waals surface area contributed by atoms with Crippen LogP contribution in [0, 0.1) is 0 Å². The van der Waals surface area contributed by atoms with E-state index >= 15 is 0 Å². The van der Waals surface area contributed by atoms with E-state index in [1.807, 2.05) is 18.9 Å². The number of likely N-dealkylation sites (N-methyl/N-ethyl adjacent to an activating group) is 2. The second kappa shape index (κ2) is 5.88. The van der Waals surface area contributed by atoms with Gasteiger partial charge in [0.1, 0.15) is 0 Å². The first-order valence-electron chi connectivity index (χ1n) is 4.16. The molecule has 5 heteroatoms. The van der Waals surface area contributed by atoms with Gasteiger partial charge in [-0.05, 0) is 14.0 Å². The molecule has 0 aromatic carbocycles. The van der Waals surface area contributed by atoms with Gasteiger partial charge in [-0.25, -0.2) is 0 Å². The predicted molar refractivity (Wildman–Crippen MR) is 57.6 cm³/mol. The molecular weight excluding hydrogens is 186 g/mol. The third-order valence-corrected chi connectivity index (χ3v) is 2.09. The topological polar surface area (TPSA) is 58.4 Å². The number of carbonyl (C=O) groups excluding carboxylic acids is 1. The standard InChI is InChI=1S/C8H17N3OS/c1-6(4-7(9)13)11(3)5-8(12)10-2/h6H,4-5H2,1-3H3,(H2,9,13)(H,10,12). The van der Waals surface area contributed by atoms with E-state index in [9.17, 15) is 4.79 Å². The van der Waals surface area contributed by atoms with Crippen molar-refractivity contribution in [2.24, 2.45) is 5.73 Å². The van der Waals surface area contributed by atoms with E-state index in [2.05, 4.69) is 5.32 Å². The molecule has 0 bridgehead atoms. The van der Waals surface area contributed by atoms with Crippen molar-refractivity contribution in [3.8, 4) is 0 Å². The van der Waals surface area contributed by atoms with Gasteiger partial charge in [0, 0.05) is 19.5 Å². The minimum Gasteiger partial charge on any atom is -0.393 e. The normalized spacial score (nSPS) is 12.6. The minimum absolute atomic E-state index is 0.00251. The minimum atomic E-state index is -0.00251. The maximum absolute atomic E-state index is 11.0. The smallest absolute Gasteiger partial charge is 0.233 e. The second-order valence-electron chi connectivity index (χ2n) is 3.11. The zero-order valence-electron chi connectivity index (χ0n) is 8.33. The van der Waals surface area contributed by atoms with Crippen LogP contribution in [0.15, 0.2) is 0 Å². The number of nitrogens with zero attached hydrogens (tertiary/aromatic N) is 1. The Morgan fingerprint density at radius 2 is 2.23 bits per heavy atom. The summed E-state index contributed by atoms with van der Waals surface area (Å²) < 4.78 is 0. The summed E-state index contributed by atoms with van der Waals surface area (Å²) in [6.45, 7) is 2.36. The van der Waals surface area contributed by atoms with Crippen molar-refractivity contribution in [2.45, 2.75) is 19.4 Å². The molecule has 0 aromatic heterocycles. The molecule has 0 saturated heterocycles. The van der Waals surface area contributed by atoms with Crippen molar-refractivity contribution >= 4 is 23.1 Å². The molecule has 0 aliphatic rings. The molecular formula is C8H17N3OS. The summed E-state index contributed by atoms with van der Waals surface area (Å²) in [4.78, 5) is 13.4. The monoisotopic (exact) mass is 203 g/mol. The van der Waals surface area contributed by atoms with Gasteiger partial charge in [-0.3, -0.25) is 9.69 Å². The van der Waals surface area contributed by atoms with Gasteiger partial charge in [0.15, 0.2) is 0 Å². The number of hydrogen-bond donors (Lipinski definition) is 2. The molecule has 0 heterocycles. The molecule has 76 valence electrons.